The van der Waals surface area contributed by atoms with Crippen molar-refractivity contribution in [2.45, 2.75) is 52.5 Å². The molecule has 0 fully saturated rings. The molecule has 0 aromatic carbocycles. The SMILES string of the molecule is CCCCCN(CO)C(=O)C(N)CC(C)C. The standard InChI is InChI=1S/C12H26N2O2/c1-4-5-6-7-14(9-15)12(16)11(13)8-10(2)3/h10-11,15H,4-9,13H2,1-3H3. The highest BCUT2D eigenvalue weighted by Gasteiger charge is 2.20. The third kappa shape index (κ3) is 6.08. The lowest BCUT2D eigenvalue weighted by molar-refractivity contribution is -0.136. The third-order valence-corrected chi connectivity index (χ3v) is 2.56. The van der Waals surface area contributed by atoms with Gasteiger partial charge in [0, 0.05) is 6.54 Å². The predicted molar refractivity (Wildman–Crippen MR) is 65.8 cm³/mol. The maximum Gasteiger partial charge on any atom is 0.241 e. The molecule has 0 saturated heterocycles. The van der Waals surface area contributed by atoms with Crippen molar-refractivity contribution in [3.05, 3.63) is 0 Å². The molecule has 0 aliphatic heterocycles. The minimum absolute atomic E-state index is 0.132. The van der Waals surface area contributed by atoms with E-state index in [0.29, 0.717) is 18.9 Å². The molecule has 3 N–H and O–H groups in total. The van der Waals surface area contributed by atoms with E-state index in [9.17, 15) is 4.79 Å². The molecule has 1 amide bonds. The van der Waals surface area contributed by atoms with Gasteiger partial charge in [-0.1, -0.05) is 33.6 Å². The number of rotatable bonds is 8. The van der Waals surface area contributed by atoms with Crippen LogP contribution in [0.15, 0.2) is 0 Å². The van der Waals surface area contributed by atoms with Gasteiger partial charge in [0.05, 0.1) is 6.04 Å². The molecule has 0 aliphatic rings. The van der Waals surface area contributed by atoms with Crippen LogP contribution in [0.5, 0.6) is 0 Å². The lowest BCUT2D eigenvalue weighted by Crippen LogP contribution is -2.45. The molecule has 16 heavy (non-hydrogen) atoms. The number of carbonyl (C=O) groups is 1. The second-order valence-corrected chi connectivity index (χ2v) is 4.69. The Kier molecular flexibility index (Phi) is 8.21. The number of hydrogen-bond donors (Lipinski definition) is 2. The van der Waals surface area contributed by atoms with Crippen LogP contribution in [0.2, 0.25) is 0 Å². The number of aliphatic hydroxyl groups excluding tert-OH is 1. The van der Waals surface area contributed by atoms with Gasteiger partial charge in [-0.3, -0.25) is 4.79 Å². The zero-order valence-corrected chi connectivity index (χ0v) is 10.8. The minimum atomic E-state index is -0.478. The van der Waals surface area contributed by atoms with Gasteiger partial charge in [0.1, 0.15) is 6.73 Å². The molecule has 0 radical (unpaired) electrons. The van der Waals surface area contributed by atoms with Gasteiger partial charge in [-0.25, -0.2) is 0 Å². The monoisotopic (exact) mass is 230 g/mol. The topological polar surface area (TPSA) is 66.6 Å². The highest BCUT2D eigenvalue weighted by atomic mass is 16.3. The van der Waals surface area contributed by atoms with E-state index in [2.05, 4.69) is 6.92 Å². The number of nitrogens with two attached hydrogens (primary N) is 1. The molecule has 0 aliphatic carbocycles. The number of amides is 1. The van der Waals surface area contributed by atoms with E-state index in [1.165, 1.54) is 4.90 Å². The summed E-state index contributed by atoms with van der Waals surface area (Å²) in [5, 5.41) is 9.13. The zero-order valence-electron chi connectivity index (χ0n) is 10.8. The van der Waals surface area contributed by atoms with Crippen molar-refractivity contribution < 1.29 is 9.90 Å². The largest absolute Gasteiger partial charge is 0.376 e. The summed E-state index contributed by atoms with van der Waals surface area (Å²) in [5.41, 5.74) is 5.80. The van der Waals surface area contributed by atoms with Crippen LogP contribution >= 0.6 is 0 Å². The van der Waals surface area contributed by atoms with E-state index in [4.69, 9.17) is 10.8 Å². The van der Waals surface area contributed by atoms with Crippen LogP contribution in [0.1, 0.15) is 46.5 Å². The van der Waals surface area contributed by atoms with E-state index in [1.807, 2.05) is 13.8 Å². The lowest BCUT2D eigenvalue weighted by Gasteiger charge is -2.24. The van der Waals surface area contributed by atoms with Gasteiger partial charge in [0.2, 0.25) is 5.91 Å². The molecule has 0 bridgehead atoms. The average Bonchev–Trinajstić information content (AvgIpc) is 2.22. The molecule has 0 saturated carbocycles. The van der Waals surface area contributed by atoms with Crippen molar-refractivity contribution in [2.75, 3.05) is 13.3 Å². The van der Waals surface area contributed by atoms with Crippen molar-refractivity contribution >= 4 is 5.91 Å². The van der Waals surface area contributed by atoms with E-state index in [1.54, 1.807) is 0 Å². The molecular formula is C12H26N2O2. The second-order valence-electron chi connectivity index (χ2n) is 4.69. The molecule has 4 heteroatoms. The molecular weight excluding hydrogens is 204 g/mol. The van der Waals surface area contributed by atoms with E-state index >= 15 is 0 Å². The fraction of sp³-hybridized carbons (Fsp3) is 0.917. The molecule has 4 nitrogen and oxygen atoms in total. The minimum Gasteiger partial charge on any atom is -0.376 e. The summed E-state index contributed by atoms with van der Waals surface area (Å²) in [5.74, 6) is 0.266. The first-order chi connectivity index (χ1) is 7.52. The van der Waals surface area contributed by atoms with Crippen molar-refractivity contribution in [1.82, 2.24) is 4.90 Å². The van der Waals surface area contributed by atoms with Crippen LogP contribution in [-0.4, -0.2) is 35.2 Å². The summed E-state index contributed by atoms with van der Waals surface area (Å²) in [6.45, 7) is 6.56. The maximum atomic E-state index is 11.8. The molecule has 1 unspecified atom stereocenters. The number of aliphatic hydroxyl groups is 1. The van der Waals surface area contributed by atoms with Crippen LogP contribution in [0.4, 0.5) is 0 Å². The van der Waals surface area contributed by atoms with Crippen molar-refractivity contribution in [2.24, 2.45) is 11.7 Å². The Morgan fingerprint density at radius 3 is 2.44 bits per heavy atom. The predicted octanol–water partition coefficient (Wildman–Crippen LogP) is 1.33. The van der Waals surface area contributed by atoms with Gasteiger partial charge in [-0.05, 0) is 18.8 Å². The van der Waals surface area contributed by atoms with Crippen molar-refractivity contribution in [3.8, 4) is 0 Å². The van der Waals surface area contributed by atoms with Gasteiger partial charge < -0.3 is 15.7 Å². The first kappa shape index (κ1) is 15.4. The fourth-order valence-electron chi connectivity index (χ4n) is 1.65. The molecule has 0 heterocycles. The molecule has 0 spiro atoms. The number of hydrogen-bond acceptors (Lipinski definition) is 3. The molecule has 0 rings (SSSR count). The lowest BCUT2D eigenvalue weighted by atomic mass is 10.0. The molecule has 1 atom stereocenters. The smallest absolute Gasteiger partial charge is 0.241 e. The quantitative estimate of drug-likeness (QED) is 0.488. The van der Waals surface area contributed by atoms with Gasteiger partial charge in [0.15, 0.2) is 0 Å². The number of unbranched alkanes of at least 4 members (excludes halogenated alkanes) is 2. The summed E-state index contributed by atoms with van der Waals surface area (Å²) < 4.78 is 0. The van der Waals surface area contributed by atoms with E-state index < -0.39 is 6.04 Å². The van der Waals surface area contributed by atoms with Gasteiger partial charge >= 0.3 is 0 Å². The number of nitrogens with zero attached hydrogens (tertiary/aromatic N) is 1. The maximum absolute atomic E-state index is 11.8. The number of carbonyl (C=O) groups excluding carboxylic acids is 1. The normalized spacial score (nSPS) is 12.9. The first-order valence-corrected chi connectivity index (χ1v) is 6.18. The van der Waals surface area contributed by atoms with Crippen LogP contribution in [0.3, 0.4) is 0 Å². The Labute approximate surface area is 98.8 Å². The summed E-state index contributed by atoms with van der Waals surface area (Å²) in [7, 11) is 0. The summed E-state index contributed by atoms with van der Waals surface area (Å²) in [6, 6.07) is -0.478. The Morgan fingerprint density at radius 1 is 1.38 bits per heavy atom. The highest BCUT2D eigenvalue weighted by molar-refractivity contribution is 5.81. The average molecular weight is 230 g/mol. The summed E-state index contributed by atoms with van der Waals surface area (Å²) in [6.07, 6.45) is 3.77. The van der Waals surface area contributed by atoms with E-state index in [0.717, 1.165) is 19.3 Å². The zero-order chi connectivity index (χ0) is 12.6. The van der Waals surface area contributed by atoms with Crippen molar-refractivity contribution in [3.63, 3.8) is 0 Å². The van der Waals surface area contributed by atoms with Crippen LogP contribution in [-0.2, 0) is 4.79 Å². The Hall–Kier alpha value is -0.610. The second kappa shape index (κ2) is 8.53. The Bertz CT molecular complexity index is 195. The molecule has 0 aromatic rings. The van der Waals surface area contributed by atoms with E-state index in [-0.39, 0.29) is 12.6 Å². The van der Waals surface area contributed by atoms with Gasteiger partial charge in [0.25, 0.3) is 0 Å². The molecule has 96 valence electrons. The van der Waals surface area contributed by atoms with Crippen LogP contribution in [0.25, 0.3) is 0 Å². The fourth-order valence-corrected chi connectivity index (χ4v) is 1.65. The van der Waals surface area contributed by atoms with Gasteiger partial charge in [-0.2, -0.15) is 0 Å². The summed E-state index contributed by atoms with van der Waals surface area (Å²) in [4.78, 5) is 13.3. The van der Waals surface area contributed by atoms with Crippen molar-refractivity contribution in [1.29, 1.82) is 0 Å². The van der Waals surface area contributed by atoms with Crippen LogP contribution in [0, 0.1) is 5.92 Å². The Balaban J connectivity index is 4.08. The van der Waals surface area contributed by atoms with Gasteiger partial charge in [-0.15, -0.1) is 0 Å². The third-order valence-electron chi connectivity index (χ3n) is 2.56. The Morgan fingerprint density at radius 2 is 2.00 bits per heavy atom. The highest BCUT2D eigenvalue weighted by Crippen LogP contribution is 2.07. The van der Waals surface area contributed by atoms with Crippen LogP contribution < -0.4 is 5.73 Å². The first-order valence-electron chi connectivity index (χ1n) is 6.18. The molecule has 0 aromatic heterocycles. The summed E-state index contributed by atoms with van der Waals surface area (Å²) >= 11 is 0.